The Morgan fingerprint density at radius 2 is 2.12 bits per heavy atom. The van der Waals surface area contributed by atoms with Gasteiger partial charge < -0.3 is 10.1 Å². The Balaban J connectivity index is 1.92. The molecule has 3 aliphatic heterocycles. The first-order chi connectivity index (χ1) is 12.0. The maximum absolute atomic E-state index is 13.7. The zero-order valence-electron chi connectivity index (χ0n) is 13.4. The number of ketones is 1. The van der Waals surface area contributed by atoms with Gasteiger partial charge >= 0.3 is 5.97 Å². The van der Waals surface area contributed by atoms with Gasteiger partial charge in [0.1, 0.15) is 11.9 Å². The van der Waals surface area contributed by atoms with E-state index in [0.29, 0.717) is 39.1 Å². The minimum Gasteiger partial charge on any atom is -0.452 e. The number of carbonyl (C=O) groups is 2. The highest BCUT2D eigenvalue weighted by atomic mass is 79.9. The number of rotatable bonds is 2. The standard InChI is InChI=1S/C18H15BrFNO3S/c1-2-13-17-16(18(23)24-13)14(8-3-4-10(20)9(19)5-8)15-11(21-17)6-25-7-12(15)22/h3-5,13-14,21H,2,6-7H2,1H3/t13-,14-/m1/s1. The molecule has 3 aliphatic rings. The molecule has 4 nitrogen and oxygen atoms in total. The second-order valence-corrected chi connectivity index (χ2v) is 8.01. The summed E-state index contributed by atoms with van der Waals surface area (Å²) in [5, 5.41) is 3.29. The molecule has 0 unspecified atom stereocenters. The fraction of sp³-hybridized carbons (Fsp3) is 0.333. The normalized spacial score (nSPS) is 25.6. The number of allylic oxidation sites excluding steroid dienone is 1. The number of thioether (sulfide) groups is 1. The molecule has 0 saturated heterocycles. The molecule has 25 heavy (non-hydrogen) atoms. The van der Waals surface area contributed by atoms with E-state index in [0.717, 1.165) is 11.4 Å². The van der Waals surface area contributed by atoms with E-state index < -0.39 is 11.9 Å². The quantitative estimate of drug-likeness (QED) is 0.738. The van der Waals surface area contributed by atoms with Crippen LogP contribution in [0, 0.1) is 5.82 Å². The molecule has 0 amide bonds. The first-order valence-electron chi connectivity index (χ1n) is 8.02. The minimum atomic E-state index is -0.513. The van der Waals surface area contributed by atoms with Gasteiger partial charge in [-0.1, -0.05) is 13.0 Å². The lowest BCUT2D eigenvalue weighted by molar-refractivity contribution is -0.140. The van der Waals surface area contributed by atoms with Gasteiger partial charge in [-0.3, -0.25) is 4.79 Å². The van der Waals surface area contributed by atoms with E-state index in [1.165, 1.54) is 6.07 Å². The van der Waals surface area contributed by atoms with E-state index in [1.54, 1.807) is 23.9 Å². The minimum absolute atomic E-state index is 0.00324. The Labute approximate surface area is 157 Å². The summed E-state index contributed by atoms with van der Waals surface area (Å²) in [6.07, 6.45) is 0.325. The second kappa shape index (κ2) is 6.29. The summed E-state index contributed by atoms with van der Waals surface area (Å²) in [7, 11) is 0. The third-order valence-electron chi connectivity index (χ3n) is 4.70. The summed E-state index contributed by atoms with van der Waals surface area (Å²) in [4.78, 5) is 25.2. The number of cyclic esters (lactones) is 1. The Morgan fingerprint density at radius 3 is 2.84 bits per heavy atom. The van der Waals surface area contributed by atoms with Crippen LogP contribution in [0.25, 0.3) is 0 Å². The first kappa shape index (κ1) is 16.8. The van der Waals surface area contributed by atoms with Gasteiger partial charge in [0.25, 0.3) is 0 Å². The van der Waals surface area contributed by atoms with Crippen LogP contribution in [0.4, 0.5) is 4.39 Å². The van der Waals surface area contributed by atoms with E-state index in [-0.39, 0.29) is 17.7 Å². The molecule has 0 saturated carbocycles. The van der Waals surface area contributed by atoms with E-state index in [1.807, 2.05) is 6.92 Å². The molecule has 3 heterocycles. The molecule has 0 fully saturated rings. The van der Waals surface area contributed by atoms with Gasteiger partial charge in [-0.25, -0.2) is 9.18 Å². The van der Waals surface area contributed by atoms with Gasteiger partial charge in [0.15, 0.2) is 5.78 Å². The van der Waals surface area contributed by atoms with Gasteiger partial charge in [-0.15, -0.1) is 11.8 Å². The molecular weight excluding hydrogens is 409 g/mol. The van der Waals surface area contributed by atoms with E-state index in [4.69, 9.17) is 4.74 Å². The van der Waals surface area contributed by atoms with Crippen LogP contribution in [0.1, 0.15) is 24.8 Å². The molecule has 2 atom stereocenters. The van der Waals surface area contributed by atoms with Gasteiger partial charge in [-0.05, 0) is 40.0 Å². The van der Waals surface area contributed by atoms with Gasteiger partial charge in [0.05, 0.1) is 21.5 Å². The zero-order chi connectivity index (χ0) is 17.7. The third-order valence-corrected chi connectivity index (χ3v) is 6.26. The Hall–Kier alpha value is -1.60. The molecule has 0 aliphatic carbocycles. The third kappa shape index (κ3) is 2.64. The van der Waals surface area contributed by atoms with Crippen LogP contribution in [-0.2, 0) is 14.3 Å². The fourth-order valence-electron chi connectivity index (χ4n) is 3.58. The van der Waals surface area contributed by atoms with Crippen LogP contribution in [0.15, 0.2) is 45.2 Å². The molecule has 0 spiro atoms. The number of hydrogen-bond donors (Lipinski definition) is 1. The topological polar surface area (TPSA) is 55.4 Å². The molecule has 0 radical (unpaired) electrons. The van der Waals surface area contributed by atoms with Crippen molar-refractivity contribution in [2.24, 2.45) is 0 Å². The number of benzene rings is 1. The lowest BCUT2D eigenvalue weighted by atomic mass is 9.78. The van der Waals surface area contributed by atoms with Crippen molar-refractivity contribution in [1.29, 1.82) is 0 Å². The van der Waals surface area contributed by atoms with Crippen molar-refractivity contribution in [3.8, 4) is 0 Å². The summed E-state index contributed by atoms with van der Waals surface area (Å²) < 4.78 is 19.5. The number of carbonyl (C=O) groups excluding carboxylic acids is 2. The smallest absolute Gasteiger partial charge is 0.337 e. The van der Waals surface area contributed by atoms with Crippen molar-refractivity contribution >= 4 is 39.4 Å². The fourth-order valence-corrected chi connectivity index (χ4v) is 4.86. The maximum atomic E-state index is 13.7. The number of dihydropyridines is 1. The molecule has 0 aromatic heterocycles. The molecule has 130 valence electrons. The van der Waals surface area contributed by atoms with Crippen LogP contribution in [-0.4, -0.2) is 29.4 Å². The lowest BCUT2D eigenvalue weighted by Crippen LogP contribution is -2.35. The lowest BCUT2D eigenvalue weighted by Gasteiger charge is -2.32. The number of hydrogen-bond acceptors (Lipinski definition) is 5. The van der Waals surface area contributed by atoms with Crippen molar-refractivity contribution in [2.75, 3.05) is 11.5 Å². The largest absolute Gasteiger partial charge is 0.452 e. The molecule has 1 N–H and O–H groups in total. The van der Waals surface area contributed by atoms with Crippen LogP contribution >= 0.6 is 27.7 Å². The number of esters is 1. The Morgan fingerprint density at radius 1 is 1.32 bits per heavy atom. The van der Waals surface area contributed by atoms with E-state index in [9.17, 15) is 14.0 Å². The predicted molar refractivity (Wildman–Crippen MR) is 96.5 cm³/mol. The summed E-state index contributed by atoms with van der Waals surface area (Å²) >= 11 is 4.75. The number of Topliss-reactive ketones (excluding diaryl/α,β-unsaturated/α-hetero) is 1. The van der Waals surface area contributed by atoms with Crippen molar-refractivity contribution in [2.45, 2.75) is 25.4 Å². The highest BCUT2D eigenvalue weighted by molar-refractivity contribution is 9.10. The molecule has 0 bridgehead atoms. The van der Waals surface area contributed by atoms with Crippen LogP contribution in [0.5, 0.6) is 0 Å². The van der Waals surface area contributed by atoms with E-state index >= 15 is 0 Å². The average Bonchev–Trinajstić information content (AvgIpc) is 2.92. The SMILES string of the molecule is CC[C@H]1OC(=O)C2=C1NC1=C(C(=O)CSC1)[C@H]2c1ccc(F)c(Br)c1. The van der Waals surface area contributed by atoms with Gasteiger partial charge in [-0.2, -0.15) is 0 Å². The van der Waals surface area contributed by atoms with Gasteiger partial charge in [0.2, 0.25) is 0 Å². The predicted octanol–water partition coefficient (Wildman–Crippen LogP) is 3.43. The van der Waals surface area contributed by atoms with Crippen molar-refractivity contribution in [3.05, 3.63) is 56.6 Å². The van der Waals surface area contributed by atoms with Crippen molar-refractivity contribution in [1.82, 2.24) is 5.32 Å². The van der Waals surface area contributed by atoms with E-state index in [2.05, 4.69) is 21.2 Å². The molecular formula is C18H15BrFNO3S. The van der Waals surface area contributed by atoms with Gasteiger partial charge in [0, 0.05) is 22.9 Å². The number of halogens is 2. The number of nitrogens with one attached hydrogen (secondary N) is 1. The first-order valence-corrected chi connectivity index (χ1v) is 9.97. The van der Waals surface area contributed by atoms with Crippen molar-refractivity contribution < 1.29 is 18.7 Å². The zero-order valence-corrected chi connectivity index (χ0v) is 15.8. The summed E-state index contributed by atoms with van der Waals surface area (Å²) in [6.45, 7) is 1.95. The molecule has 4 rings (SSSR count). The monoisotopic (exact) mass is 423 g/mol. The Bertz CT molecular complexity index is 864. The highest BCUT2D eigenvalue weighted by Crippen LogP contribution is 2.46. The van der Waals surface area contributed by atoms with Crippen molar-refractivity contribution in [3.63, 3.8) is 0 Å². The highest BCUT2D eigenvalue weighted by Gasteiger charge is 2.46. The molecule has 7 heteroatoms. The molecule has 1 aromatic carbocycles. The Kier molecular flexibility index (Phi) is 4.24. The summed E-state index contributed by atoms with van der Waals surface area (Å²) in [6, 6.07) is 4.62. The maximum Gasteiger partial charge on any atom is 0.337 e. The average molecular weight is 424 g/mol. The molecule has 1 aromatic rings. The summed E-state index contributed by atoms with van der Waals surface area (Å²) in [5.41, 5.74) is 3.37. The number of ether oxygens (including phenoxy) is 1. The van der Waals surface area contributed by atoms with Crippen LogP contribution in [0.3, 0.4) is 0 Å². The summed E-state index contributed by atoms with van der Waals surface area (Å²) in [5.74, 6) is -0.233. The van der Waals surface area contributed by atoms with Crippen LogP contribution in [0.2, 0.25) is 0 Å². The second-order valence-electron chi connectivity index (χ2n) is 6.17. The van der Waals surface area contributed by atoms with Crippen LogP contribution < -0.4 is 5.32 Å².